The van der Waals surface area contributed by atoms with Crippen LogP contribution in [0.5, 0.6) is 5.75 Å². The molecule has 1 aliphatic heterocycles. The number of aromatic nitrogens is 1. The number of carboxylic acid groups (broad SMARTS) is 1. The molecule has 1 aromatic heterocycles. The molecule has 0 saturated carbocycles. The van der Waals surface area contributed by atoms with Crippen LogP contribution in [-0.4, -0.2) is 34.6 Å². The molecule has 1 saturated heterocycles. The number of nitrogens with zero attached hydrogens (tertiary/aromatic N) is 1. The van der Waals surface area contributed by atoms with Gasteiger partial charge in [0, 0.05) is 35.2 Å². The fourth-order valence-corrected chi connectivity index (χ4v) is 4.56. The molecule has 0 radical (unpaired) electrons. The van der Waals surface area contributed by atoms with Crippen molar-refractivity contribution >= 4 is 16.9 Å². The van der Waals surface area contributed by atoms with Gasteiger partial charge in [0.1, 0.15) is 5.75 Å². The van der Waals surface area contributed by atoms with Crippen LogP contribution in [0.2, 0.25) is 0 Å². The smallest absolute Gasteiger partial charge is 0.335 e. The third-order valence-corrected chi connectivity index (χ3v) is 6.21. The van der Waals surface area contributed by atoms with Gasteiger partial charge in [0.2, 0.25) is 0 Å². The van der Waals surface area contributed by atoms with Crippen molar-refractivity contribution < 1.29 is 14.6 Å². The molecule has 4 rings (SSSR count). The van der Waals surface area contributed by atoms with Crippen LogP contribution in [0, 0.1) is 12.8 Å². The van der Waals surface area contributed by atoms with E-state index in [0.717, 1.165) is 37.2 Å². The maximum atomic E-state index is 11.2. The quantitative estimate of drug-likeness (QED) is 0.630. The van der Waals surface area contributed by atoms with Crippen LogP contribution in [0.15, 0.2) is 42.6 Å². The first-order valence-electron chi connectivity index (χ1n) is 10.2. The fraction of sp³-hybridized carbons (Fsp3) is 0.375. The number of rotatable bonds is 5. The van der Waals surface area contributed by atoms with Crippen molar-refractivity contribution in [2.75, 3.05) is 13.7 Å². The number of benzene rings is 2. The number of aromatic carboxylic acids is 1. The maximum absolute atomic E-state index is 11.2. The zero-order valence-corrected chi connectivity index (χ0v) is 17.2. The number of aromatic amines is 1. The molecule has 0 aliphatic carbocycles. The lowest BCUT2D eigenvalue weighted by Gasteiger charge is -2.39. The van der Waals surface area contributed by atoms with Gasteiger partial charge in [-0.3, -0.25) is 4.90 Å². The third-order valence-electron chi connectivity index (χ3n) is 6.21. The minimum absolute atomic E-state index is 0.265. The predicted molar refractivity (Wildman–Crippen MR) is 115 cm³/mol. The number of hydrogen-bond donors (Lipinski definition) is 2. The Morgan fingerprint density at radius 1 is 1.28 bits per heavy atom. The lowest BCUT2D eigenvalue weighted by Crippen LogP contribution is -2.36. The predicted octanol–water partition coefficient (Wildman–Crippen LogP) is 5.16. The molecule has 29 heavy (non-hydrogen) atoms. The summed E-state index contributed by atoms with van der Waals surface area (Å²) in [6, 6.07) is 11.9. The average molecular weight is 392 g/mol. The average Bonchev–Trinajstić information content (AvgIpc) is 3.21. The molecular formula is C24H28N2O3. The van der Waals surface area contributed by atoms with Crippen LogP contribution in [0.1, 0.15) is 52.9 Å². The van der Waals surface area contributed by atoms with E-state index in [1.54, 1.807) is 19.2 Å². The minimum Gasteiger partial charge on any atom is -0.496 e. The number of methoxy groups -OCH3 is 1. The van der Waals surface area contributed by atoms with E-state index in [-0.39, 0.29) is 6.04 Å². The van der Waals surface area contributed by atoms with E-state index in [1.807, 2.05) is 18.3 Å². The summed E-state index contributed by atoms with van der Waals surface area (Å²) in [6.45, 7) is 6.21. The van der Waals surface area contributed by atoms with E-state index in [9.17, 15) is 9.90 Å². The van der Waals surface area contributed by atoms with Gasteiger partial charge in [0.15, 0.2) is 0 Å². The number of fused-ring (bicyclic) bond motifs is 1. The number of carboxylic acids is 1. The van der Waals surface area contributed by atoms with Crippen molar-refractivity contribution in [3.05, 3.63) is 64.8 Å². The number of likely N-dealkylation sites (tertiary alicyclic amines) is 1. The lowest BCUT2D eigenvalue weighted by molar-refractivity contribution is 0.0696. The highest BCUT2D eigenvalue weighted by Gasteiger charge is 2.29. The standard InChI is InChI=1S/C24H28N2O3/c1-15-9-11-26(21(12-15)17-4-6-18(7-5-17)24(27)28)14-20-19-8-10-25-23(19)16(2)13-22(20)29-3/h4-8,10,13,15,21,25H,9,11-12,14H2,1-3H3,(H,27,28)/t15?,21-/m0/s1. The summed E-state index contributed by atoms with van der Waals surface area (Å²) >= 11 is 0. The zero-order chi connectivity index (χ0) is 20.5. The molecular weight excluding hydrogens is 364 g/mol. The van der Waals surface area contributed by atoms with Gasteiger partial charge < -0.3 is 14.8 Å². The summed E-state index contributed by atoms with van der Waals surface area (Å²) in [6.07, 6.45) is 4.21. The zero-order valence-electron chi connectivity index (χ0n) is 17.2. The lowest BCUT2D eigenvalue weighted by atomic mass is 9.87. The van der Waals surface area contributed by atoms with Gasteiger partial charge in [-0.25, -0.2) is 4.79 Å². The van der Waals surface area contributed by atoms with Crippen LogP contribution in [0.25, 0.3) is 10.9 Å². The van der Waals surface area contributed by atoms with Crippen LogP contribution in [0.4, 0.5) is 0 Å². The highest BCUT2D eigenvalue weighted by atomic mass is 16.5. The molecule has 0 amide bonds. The van der Waals surface area contributed by atoms with Crippen molar-refractivity contribution in [3.8, 4) is 5.75 Å². The SMILES string of the molecule is COc1cc(C)c2[nH]ccc2c1CN1CCC(C)C[C@H]1c1ccc(C(=O)O)cc1. The van der Waals surface area contributed by atoms with Gasteiger partial charge >= 0.3 is 5.97 Å². The topological polar surface area (TPSA) is 65.6 Å². The first-order chi connectivity index (χ1) is 14.0. The molecule has 2 atom stereocenters. The number of aryl methyl sites for hydroxylation is 1. The molecule has 1 fully saturated rings. The Labute approximate surface area is 171 Å². The second kappa shape index (κ2) is 7.91. The van der Waals surface area contributed by atoms with Crippen molar-refractivity contribution in [1.82, 2.24) is 9.88 Å². The Hall–Kier alpha value is -2.79. The van der Waals surface area contributed by atoms with Gasteiger partial charge in [-0.05, 0) is 67.6 Å². The minimum atomic E-state index is -0.885. The Kier molecular flexibility index (Phi) is 5.33. The normalized spacial score (nSPS) is 20.1. The largest absolute Gasteiger partial charge is 0.496 e. The van der Waals surface area contributed by atoms with Crippen LogP contribution in [-0.2, 0) is 6.54 Å². The number of hydrogen-bond acceptors (Lipinski definition) is 3. The summed E-state index contributed by atoms with van der Waals surface area (Å²) in [5, 5.41) is 10.4. The van der Waals surface area contributed by atoms with Crippen molar-refractivity contribution in [1.29, 1.82) is 0 Å². The van der Waals surface area contributed by atoms with Gasteiger partial charge in [0.05, 0.1) is 12.7 Å². The first-order valence-corrected chi connectivity index (χ1v) is 10.2. The van der Waals surface area contributed by atoms with Crippen LogP contribution < -0.4 is 4.74 Å². The van der Waals surface area contributed by atoms with E-state index in [4.69, 9.17) is 4.74 Å². The Morgan fingerprint density at radius 3 is 2.72 bits per heavy atom. The molecule has 2 heterocycles. The van der Waals surface area contributed by atoms with Crippen molar-refractivity contribution in [2.45, 2.75) is 39.3 Å². The molecule has 2 N–H and O–H groups in total. The third kappa shape index (κ3) is 3.75. The van der Waals surface area contributed by atoms with E-state index in [1.165, 1.54) is 22.1 Å². The Morgan fingerprint density at radius 2 is 2.03 bits per heavy atom. The molecule has 152 valence electrons. The highest BCUT2D eigenvalue weighted by Crippen LogP contribution is 2.38. The molecule has 5 heteroatoms. The van der Waals surface area contributed by atoms with Gasteiger partial charge in [-0.2, -0.15) is 0 Å². The first kappa shape index (κ1) is 19.5. The summed E-state index contributed by atoms with van der Waals surface area (Å²) in [5.74, 6) is 0.681. The summed E-state index contributed by atoms with van der Waals surface area (Å²) in [5.41, 5.74) is 5.06. The molecule has 0 spiro atoms. The second-order valence-corrected chi connectivity index (χ2v) is 8.18. The monoisotopic (exact) mass is 392 g/mol. The maximum Gasteiger partial charge on any atom is 0.335 e. The van der Waals surface area contributed by atoms with E-state index < -0.39 is 5.97 Å². The second-order valence-electron chi connectivity index (χ2n) is 8.18. The van der Waals surface area contributed by atoms with Crippen molar-refractivity contribution in [3.63, 3.8) is 0 Å². The molecule has 3 aromatic rings. The van der Waals surface area contributed by atoms with Gasteiger partial charge in [-0.15, -0.1) is 0 Å². The molecule has 1 aliphatic rings. The summed E-state index contributed by atoms with van der Waals surface area (Å²) in [7, 11) is 1.73. The Bertz CT molecular complexity index is 1020. The number of piperidine rings is 1. The highest BCUT2D eigenvalue weighted by molar-refractivity contribution is 5.88. The number of H-pyrrole nitrogens is 1. The number of nitrogens with one attached hydrogen (secondary N) is 1. The van der Waals surface area contributed by atoms with Gasteiger partial charge in [0.25, 0.3) is 0 Å². The van der Waals surface area contributed by atoms with E-state index in [2.05, 4.69) is 35.9 Å². The van der Waals surface area contributed by atoms with E-state index in [0.29, 0.717) is 11.5 Å². The van der Waals surface area contributed by atoms with Gasteiger partial charge in [-0.1, -0.05) is 19.1 Å². The molecule has 2 aromatic carbocycles. The number of carbonyl (C=O) groups is 1. The van der Waals surface area contributed by atoms with Crippen molar-refractivity contribution in [2.24, 2.45) is 5.92 Å². The molecule has 0 bridgehead atoms. The Balaban J connectivity index is 1.69. The summed E-state index contributed by atoms with van der Waals surface area (Å²) < 4.78 is 5.74. The number of ether oxygens (including phenoxy) is 1. The van der Waals surface area contributed by atoms with E-state index >= 15 is 0 Å². The summed E-state index contributed by atoms with van der Waals surface area (Å²) in [4.78, 5) is 17.1. The fourth-order valence-electron chi connectivity index (χ4n) is 4.56. The molecule has 5 nitrogen and oxygen atoms in total. The molecule has 1 unspecified atom stereocenters. The van der Waals surface area contributed by atoms with Crippen LogP contribution in [0.3, 0.4) is 0 Å². The van der Waals surface area contributed by atoms with Crippen LogP contribution >= 0.6 is 0 Å².